The van der Waals surface area contributed by atoms with Crippen LogP contribution in [0.4, 0.5) is 5.69 Å². The van der Waals surface area contributed by atoms with E-state index in [2.05, 4.69) is 5.32 Å². The van der Waals surface area contributed by atoms with Crippen molar-refractivity contribution < 1.29 is 27.5 Å². The molecule has 192 valence electrons. The monoisotopic (exact) mass is 505 g/mol. The molecule has 0 aliphatic rings. The Morgan fingerprint density at radius 3 is 2.37 bits per heavy atom. The molecule has 0 spiro atoms. The van der Waals surface area contributed by atoms with Gasteiger partial charge in [-0.25, -0.2) is 8.42 Å². The Morgan fingerprint density at radius 1 is 1.06 bits per heavy atom. The molecule has 0 saturated carbocycles. The second-order valence-corrected chi connectivity index (χ2v) is 9.93. The first kappa shape index (κ1) is 28.0. The zero-order chi connectivity index (χ0) is 26.0. The number of benzene rings is 2. The van der Waals surface area contributed by atoms with Gasteiger partial charge in [0.1, 0.15) is 17.5 Å². The SMILES string of the molecule is CC[C@H](C(=O)NC)N(Cc1cccc(OC)c1)C(=O)CCCN(c1ccccc1OC)S(C)(=O)=O. The van der Waals surface area contributed by atoms with Gasteiger partial charge in [-0.3, -0.25) is 13.9 Å². The minimum atomic E-state index is -3.61. The van der Waals surface area contributed by atoms with Crippen LogP contribution in [-0.2, 0) is 26.2 Å². The number of hydrogen-bond acceptors (Lipinski definition) is 6. The molecule has 0 bridgehead atoms. The van der Waals surface area contributed by atoms with Crippen LogP contribution in [-0.4, -0.2) is 65.2 Å². The molecule has 1 N–H and O–H groups in total. The molecule has 0 unspecified atom stereocenters. The maximum Gasteiger partial charge on any atom is 0.242 e. The highest BCUT2D eigenvalue weighted by Gasteiger charge is 2.28. The van der Waals surface area contributed by atoms with Crippen LogP contribution in [0, 0.1) is 0 Å². The first-order valence-corrected chi connectivity index (χ1v) is 13.3. The number of ether oxygens (including phenoxy) is 2. The maximum absolute atomic E-state index is 13.3. The molecule has 0 aliphatic heterocycles. The summed E-state index contributed by atoms with van der Waals surface area (Å²) in [5.41, 5.74) is 1.24. The Balaban J connectivity index is 2.23. The predicted octanol–water partition coefficient (Wildman–Crippen LogP) is 2.80. The van der Waals surface area contributed by atoms with Crippen molar-refractivity contribution in [3.05, 3.63) is 54.1 Å². The fourth-order valence-electron chi connectivity index (χ4n) is 3.87. The van der Waals surface area contributed by atoms with E-state index in [4.69, 9.17) is 9.47 Å². The lowest BCUT2D eigenvalue weighted by Gasteiger charge is -2.31. The van der Waals surface area contributed by atoms with Crippen LogP contribution in [0.3, 0.4) is 0 Å². The van der Waals surface area contributed by atoms with Crippen LogP contribution in [0.1, 0.15) is 31.7 Å². The fourth-order valence-corrected chi connectivity index (χ4v) is 4.84. The molecule has 35 heavy (non-hydrogen) atoms. The molecule has 0 aromatic heterocycles. The first-order valence-electron chi connectivity index (χ1n) is 11.4. The highest BCUT2D eigenvalue weighted by atomic mass is 32.2. The summed E-state index contributed by atoms with van der Waals surface area (Å²) in [6.07, 6.45) is 1.89. The molecule has 0 aliphatic carbocycles. The molecule has 2 aromatic carbocycles. The Labute approximate surface area is 208 Å². The largest absolute Gasteiger partial charge is 0.497 e. The van der Waals surface area contributed by atoms with E-state index in [1.54, 1.807) is 36.3 Å². The number of nitrogens with zero attached hydrogens (tertiary/aromatic N) is 2. The van der Waals surface area contributed by atoms with Gasteiger partial charge in [0.05, 0.1) is 26.2 Å². The number of carbonyl (C=O) groups is 2. The molecule has 1 atom stereocenters. The number of rotatable bonds is 13. The van der Waals surface area contributed by atoms with Crippen molar-refractivity contribution >= 4 is 27.5 Å². The average Bonchev–Trinajstić information content (AvgIpc) is 2.85. The third-order valence-corrected chi connectivity index (χ3v) is 6.81. The topological polar surface area (TPSA) is 105 Å². The van der Waals surface area contributed by atoms with Crippen LogP contribution in [0.25, 0.3) is 0 Å². The lowest BCUT2D eigenvalue weighted by Crippen LogP contribution is -2.48. The van der Waals surface area contributed by atoms with Gasteiger partial charge >= 0.3 is 0 Å². The van der Waals surface area contributed by atoms with Crippen LogP contribution >= 0.6 is 0 Å². The van der Waals surface area contributed by atoms with Crippen molar-refractivity contribution in [3.63, 3.8) is 0 Å². The second-order valence-electron chi connectivity index (χ2n) is 8.02. The Bertz CT molecular complexity index is 1110. The summed E-state index contributed by atoms with van der Waals surface area (Å²) in [6.45, 7) is 2.16. The summed E-state index contributed by atoms with van der Waals surface area (Å²) in [7, 11) is 0.966. The van der Waals surface area contributed by atoms with Crippen molar-refractivity contribution in [3.8, 4) is 11.5 Å². The van der Waals surface area contributed by atoms with E-state index in [0.29, 0.717) is 23.6 Å². The number of para-hydroxylation sites is 2. The van der Waals surface area contributed by atoms with Crippen LogP contribution in [0.2, 0.25) is 0 Å². The number of methoxy groups -OCH3 is 2. The molecule has 2 amide bonds. The van der Waals surface area contributed by atoms with Crippen molar-refractivity contribution in [2.24, 2.45) is 0 Å². The quantitative estimate of drug-likeness (QED) is 0.449. The number of anilines is 1. The number of likely N-dealkylation sites (N-methyl/N-ethyl adjacent to an activating group) is 1. The van der Waals surface area contributed by atoms with Crippen molar-refractivity contribution in [2.75, 3.05) is 38.4 Å². The molecule has 2 aromatic rings. The molecular formula is C25H35N3O6S. The third-order valence-electron chi connectivity index (χ3n) is 5.63. The number of sulfonamides is 1. The highest BCUT2D eigenvalue weighted by molar-refractivity contribution is 7.92. The second kappa shape index (κ2) is 13.0. The summed E-state index contributed by atoms with van der Waals surface area (Å²) < 4.78 is 36.8. The van der Waals surface area contributed by atoms with Gasteiger partial charge in [0.2, 0.25) is 21.8 Å². The summed E-state index contributed by atoms with van der Waals surface area (Å²) in [4.78, 5) is 27.4. The minimum Gasteiger partial charge on any atom is -0.497 e. The fraction of sp³-hybridized carbons (Fsp3) is 0.440. The number of amides is 2. The number of carbonyl (C=O) groups excluding carboxylic acids is 2. The van der Waals surface area contributed by atoms with E-state index in [9.17, 15) is 18.0 Å². The summed E-state index contributed by atoms with van der Waals surface area (Å²) in [6, 6.07) is 13.5. The Kier molecular flexibility index (Phi) is 10.4. The van der Waals surface area contributed by atoms with Crippen LogP contribution in [0.15, 0.2) is 48.5 Å². The average molecular weight is 506 g/mol. The minimum absolute atomic E-state index is 0.0681. The lowest BCUT2D eigenvalue weighted by atomic mass is 10.1. The molecule has 0 heterocycles. The molecule has 9 nitrogen and oxygen atoms in total. The Morgan fingerprint density at radius 2 is 1.77 bits per heavy atom. The molecule has 10 heteroatoms. The van der Waals surface area contributed by atoms with Gasteiger partial charge < -0.3 is 19.7 Å². The van der Waals surface area contributed by atoms with Gasteiger partial charge in [0, 0.05) is 26.6 Å². The van der Waals surface area contributed by atoms with Gasteiger partial charge in [0.15, 0.2) is 0 Å². The van der Waals surface area contributed by atoms with E-state index in [0.717, 1.165) is 11.8 Å². The van der Waals surface area contributed by atoms with Gasteiger partial charge in [-0.1, -0.05) is 31.2 Å². The van der Waals surface area contributed by atoms with Crippen molar-refractivity contribution in [2.45, 2.75) is 38.8 Å². The highest BCUT2D eigenvalue weighted by Crippen LogP contribution is 2.30. The zero-order valence-corrected chi connectivity index (χ0v) is 21.8. The van der Waals surface area contributed by atoms with Gasteiger partial charge in [-0.05, 0) is 42.7 Å². The smallest absolute Gasteiger partial charge is 0.242 e. The summed E-state index contributed by atoms with van der Waals surface area (Å²) in [5, 5.41) is 2.63. The van der Waals surface area contributed by atoms with Crippen LogP contribution < -0.4 is 19.1 Å². The standard InChI is InChI=1S/C25H35N3O6S/c1-6-21(25(30)26-2)27(18-19-11-9-12-20(17-19)33-3)24(29)15-10-16-28(35(5,31)32)22-13-7-8-14-23(22)34-4/h7-9,11-14,17,21H,6,10,15-16,18H2,1-5H3,(H,26,30)/t21-/m1/s1. The number of hydrogen-bond donors (Lipinski definition) is 1. The lowest BCUT2D eigenvalue weighted by molar-refractivity contribution is -0.141. The van der Waals surface area contributed by atoms with Gasteiger partial charge in [-0.2, -0.15) is 0 Å². The van der Waals surface area contributed by atoms with Gasteiger partial charge in [-0.15, -0.1) is 0 Å². The van der Waals surface area contributed by atoms with Gasteiger partial charge in [0.25, 0.3) is 0 Å². The van der Waals surface area contributed by atoms with Crippen LogP contribution in [0.5, 0.6) is 11.5 Å². The maximum atomic E-state index is 13.3. The zero-order valence-electron chi connectivity index (χ0n) is 21.0. The van der Waals surface area contributed by atoms with E-state index in [-0.39, 0.29) is 37.7 Å². The number of nitrogens with one attached hydrogen (secondary N) is 1. The van der Waals surface area contributed by atoms with E-state index in [1.807, 2.05) is 31.2 Å². The molecule has 0 radical (unpaired) electrons. The van der Waals surface area contributed by atoms with E-state index >= 15 is 0 Å². The van der Waals surface area contributed by atoms with Crippen molar-refractivity contribution in [1.29, 1.82) is 0 Å². The predicted molar refractivity (Wildman–Crippen MR) is 136 cm³/mol. The third kappa shape index (κ3) is 7.61. The van der Waals surface area contributed by atoms with Crippen molar-refractivity contribution in [1.82, 2.24) is 10.2 Å². The first-order chi connectivity index (χ1) is 16.7. The molecular weight excluding hydrogens is 470 g/mol. The molecule has 2 rings (SSSR count). The summed E-state index contributed by atoms with van der Waals surface area (Å²) in [5.74, 6) is 0.588. The molecule has 0 saturated heterocycles. The molecule has 0 fully saturated rings. The van der Waals surface area contributed by atoms with E-state index in [1.165, 1.54) is 18.5 Å². The summed E-state index contributed by atoms with van der Waals surface area (Å²) >= 11 is 0. The van der Waals surface area contributed by atoms with E-state index < -0.39 is 16.1 Å². The Hall–Kier alpha value is -3.27. The normalized spacial score (nSPS) is 11.9.